The monoisotopic (exact) mass is 460 g/mol. The van der Waals surface area contributed by atoms with Gasteiger partial charge in [0, 0.05) is 18.7 Å². The number of hydrogen-bond donors (Lipinski definition) is 1. The Kier molecular flexibility index (Phi) is 6.00. The molecule has 1 saturated carbocycles. The van der Waals surface area contributed by atoms with E-state index in [1.54, 1.807) is 0 Å². The number of aromatic nitrogens is 2. The van der Waals surface area contributed by atoms with Crippen LogP contribution in [0, 0.1) is 5.92 Å². The van der Waals surface area contributed by atoms with Gasteiger partial charge in [-0.1, -0.05) is 33.3 Å². The second-order valence-electron chi connectivity index (χ2n) is 10.2. The van der Waals surface area contributed by atoms with Gasteiger partial charge in [0.1, 0.15) is 11.5 Å². The number of nitrogens with zero attached hydrogens (tertiary/aromatic N) is 3. The van der Waals surface area contributed by atoms with Crippen LogP contribution in [0.2, 0.25) is 0 Å². The molecule has 1 aliphatic carbocycles. The molecule has 6 nitrogen and oxygen atoms in total. The van der Waals surface area contributed by atoms with Gasteiger partial charge in [-0.2, -0.15) is 0 Å². The molecule has 1 aromatic heterocycles. The molecule has 5 rings (SSSR count). The molecule has 0 unspecified atom stereocenters. The first-order chi connectivity index (χ1) is 16.5. The van der Waals surface area contributed by atoms with E-state index in [1.165, 1.54) is 62.6 Å². The number of hydrogen-bond acceptors (Lipinski definition) is 5. The van der Waals surface area contributed by atoms with Gasteiger partial charge in [-0.15, -0.1) is 0 Å². The van der Waals surface area contributed by atoms with E-state index >= 15 is 0 Å². The van der Waals surface area contributed by atoms with Crippen LogP contribution >= 0.6 is 0 Å². The Morgan fingerprint density at radius 3 is 2.71 bits per heavy atom. The third-order valence-corrected chi connectivity index (χ3v) is 7.31. The van der Waals surface area contributed by atoms with Gasteiger partial charge >= 0.3 is 5.97 Å². The number of nitrogens with one attached hydrogen (secondary N) is 1. The summed E-state index contributed by atoms with van der Waals surface area (Å²) in [5.41, 5.74) is 6.11. The predicted molar refractivity (Wildman–Crippen MR) is 138 cm³/mol. The summed E-state index contributed by atoms with van der Waals surface area (Å²) >= 11 is 0. The molecule has 3 aromatic rings. The highest BCUT2D eigenvalue weighted by molar-refractivity contribution is 5.96. The lowest BCUT2D eigenvalue weighted by atomic mass is 10.1. The number of ether oxygens (including phenoxy) is 1. The van der Waals surface area contributed by atoms with Gasteiger partial charge in [0.15, 0.2) is 0 Å². The van der Waals surface area contributed by atoms with Crippen molar-refractivity contribution in [2.75, 3.05) is 23.9 Å². The second-order valence-corrected chi connectivity index (χ2v) is 10.2. The van der Waals surface area contributed by atoms with Crippen molar-refractivity contribution < 1.29 is 9.53 Å². The molecule has 34 heavy (non-hydrogen) atoms. The lowest BCUT2D eigenvalue weighted by Crippen LogP contribution is -2.49. The average molecular weight is 461 g/mol. The summed E-state index contributed by atoms with van der Waals surface area (Å²) in [6, 6.07) is 12.3. The Morgan fingerprint density at radius 2 is 2.00 bits per heavy atom. The number of anilines is 2. The van der Waals surface area contributed by atoms with E-state index in [4.69, 9.17) is 9.72 Å². The van der Waals surface area contributed by atoms with Gasteiger partial charge < -0.3 is 19.5 Å². The van der Waals surface area contributed by atoms with Crippen LogP contribution in [0.5, 0.6) is 0 Å². The number of unbranched alkanes of at least 4 members (excludes halogenated alkanes) is 1. The summed E-state index contributed by atoms with van der Waals surface area (Å²) in [4.78, 5) is 19.9. The van der Waals surface area contributed by atoms with Gasteiger partial charge in [0.2, 0.25) is 0 Å². The number of para-hydroxylation sites is 1. The van der Waals surface area contributed by atoms with Crippen molar-refractivity contribution in [1.82, 2.24) is 9.55 Å². The van der Waals surface area contributed by atoms with Crippen LogP contribution in [-0.4, -0.2) is 34.8 Å². The Balaban J connectivity index is 1.69. The number of carbonyl (C=O) groups excluding carboxylic acids is 1. The molecule has 6 heteroatoms. The number of methoxy groups -OCH3 is 1. The Labute approximate surface area is 202 Å². The zero-order chi connectivity index (χ0) is 23.9. The second kappa shape index (κ2) is 8.97. The summed E-state index contributed by atoms with van der Waals surface area (Å²) in [5, 5.41) is 3.93. The Bertz CT molecular complexity index is 1210. The highest BCUT2D eigenvalue weighted by atomic mass is 16.5. The van der Waals surface area contributed by atoms with E-state index in [0.717, 1.165) is 29.9 Å². The molecule has 1 aliphatic heterocycles. The third-order valence-electron chi connectivity index (χ3n) is 7.31. The first-order valence-corrected chi connectivity index (χ1v) is 12.7. The molecular formula is C28H36N4O2. The minimum Gasteiger partial charge on any atom is -0.465 e. The quantitative estimate of drug-likeness (QED) is 0.411. The van der Waals surface area contributed by atoms with Gasteiger partial charge in [0.25, 0.3) is 0 Å². The molecule has 2 aromatic carbocycles. The molecule has 1 fully saturated rings. The minimum absolute atomic E-state index is 0.0283. The summed E-state index contributed by atoms with van der Waals surface area (Å²) in [6.45, 7) is 8.64. The third kappa shape index (κ3) is 3.73. The van der Waals surface area contributed by atoms with Crippen LogP contribution in [-0.2, 0) is 11.3 Å². The van der Waals surface area contributed by atoms with E-state index in [0.29, 0.717) is 11.5 Å². The fourth-order valence-corrected chi connectivity index (χ4v) is 5.77. The van der Waals surface area contributed by atoms with Crippen molar-refractivity contribution in [3.05, 3.63) is 42.0 Å². The van der Waals surface area contributed by atoms with E-state index < -0.39 is 0 Å². The molecule has 1 spiro atoms. The standard InChI is InChI=1S/C28H36N4O2/c1-5-6-16-32-25-21(10-9-11-22(25)30-28(32)14-7-8-15-28)26-29-23-17-20(27(33)34-4)12-13-24(23)31(26)18-19(2)3/h9-13,17,19,30H,5-8,14-16,18H2,1-4H3. The number of imidazole rings is 1. The van der Waals surface area contributed by atoms with E-state index in [2.05, 4.69) is 53.8 Å². The average Bonchev–Trinajstić information content (AvgIpc) is 3.52. The van der Waals surface area contributed by atoms with Crippen LogP contribution in [0.25, 0.3) is 22.4 Å². The topological polar surface area (TPSA) is 59.4 Å². The highest BCUT2D eigenvalue weighted by Crippen LogP contribution is 2.51. The highest BCUT2D eigenvalue weighted by Gasteiger charge is 2.46. The molecule has 2 heterocycles. The molecule has 0 amide bonds. The largest absolute Gasteiger partial charge is 0.465 e. The van der Waals surface area contributed by atoms with Crippen LogP contribution in [0.4, 0.5) is 11.4 Å². The minimum atomic E-state index is -0.333. The maximum atomic E-state index is 12.2. The molecule has 1 N–H and O–H groups in total. The van der Waals surface area contributed by atoms with E-state index in [-0.39, 0.29) is 11.6 Å². The van der Waals surface area contributed by atoms with Crippen LogP contribution in [0.3, 0.4) is 0 Å². The summed E-state index contributed by atoms with van der Waals surface area (Å²) in [7, 11) is 1.42. The van der Waals surface area contributed by atoms with Crippen molar-refractivity contribution in [1.29, 1.82) is 0 Å². The zero-order valence-electron chi connectivity index (χ0n) is 20.9. The van der Waals surface area contributed by atoms with Gasteiger partial charge in [-0.05, 0) is 68.4 Å². The normalized spacial score (nSPS) is 16.4. The van der Waals surface area contributed by atoms with E-state index in [1.807, 2.05) is 18.2 Å². The van der Waals surface area contributed by atoms with E-state index in [9.17, 15) is 4.79 Å². The number of fused-ring (bicyclic) bond motifs is 2. The number of rotatable bonds is 7. The van der Waals surface area contributed by atoms with Crippen molar-refractivity contribution in [3.63, 3.8) is 0 Å². The van der Waals surface area contributed by atoms with Crippen LogP contribution < -0.4 is 10.2 Å². The Hall–Kier alpha value is -3.02. The zero-order valence-corrected chi connectivity index (χ0v) is 20.9. The number of carbonyl (C=O) groups is 1. The number of benzene rings is 2. The van der Waals surface area contributed by atoms with Gasteiger partial charge in [0.05, 0.1) is 35.1 Å². The first-order valence-electron chi connectivity index (χ1n) is 12.7. The molecule has 180 valence electrons. The van der Waals surface area contributed by atoms with Crippen LogP contribution in [0.15, 0.2) is 36.4 Å². The van der Waals surface area contributed by atoms with Crippen molar-refractivity contribution in [2.45, 2.75) is 71.5 Å². The lowest BCUT2D eigenvalue weighted by molar-refractivity contribution is 0.0601. The molecular weight excluding hydrogens is 424 g/mol. The fraction of sp³-hybridized carbons (Fsp3) is 0.500. The molecule has 0 atom stereocenters. The molecule has 0 saturated heterocycles. The smallest absolute Gasteiger partial charge is 0.337 e. The molecule has 2 aliphatic rings. The van der Waals surface area contributed by atoms with Gasteiger partial charge in [-0.3, -0.25) is 0 Å². The summed E-state index contributed by atoms with van der Waals surface area (Å²) in [5.74, 6) is 1.10. The SMILES string of the molecule is CCCCN1c2c(cccc2-c2nc3cc(C(=O)OC)ccc3n2CC(C)C)NC12CCCC2. The van der Waals surface area contributed by atoms with Crippen LogP contribution in [0.1, 0.15) is 69.7 Å². The lowest BCUT2D eigenvalue weighted by Gasteiger charge is -2.37. The summed E-state index contributed by atoms with van der Waals surface area (Å²) < 4.78 is 7.28. The van der Waals surface area contributed by atoms with Crippen molar-refractivity contribution in [3.8, 4) is 11.4 Å². The first kappa shape index (κ1) is 22.8. The van der Waals surface area contributed by atoms with Gasteiger partial charge in [-0.25, -0.2) is 9.78 Å². The molecule has 0 radical (unpaired) electrons. The molecule has 0 bridgehead atoms. The Morgan fingerprint density at radius 1 is 1.21 bits per heavy atom. The number of esters is 1. The fourth-order valence-electron chi connectivity index (χ4n) is 5.77. The predicted octanol–water partition coefficient (Wildman–Crippen LogP) is 6.45. The maximum absolute atomic E-state index is 12.2. The summed E-state index contributed by atoms with van der Waals surface area (Å²) in [6.07, 6.45) is 7.22. The van der Waals surface area contributed by atoms with Crippen molar-refractivity contribution in [2.24, 2.45) is 5.92 Å². The maximum Gasteiger partial charge on any atom is 0.337 e. The van der Waals surface area contributed by atoms with Crippen molar-refractivity contribution >= 4 is 28.4 Å².